The second kappa shape index (κ2) is 5.88. The van der Waals surface area contributed by atoms with Crippen molar-refractivity contribution >= 4 is 29.3 Å². The summed E-state index contributed by atoms with van der Waals surface area (Å²) in [5.41, 5.74) is 0.538. The molecule has 1 rings (SSSR count). The van der Waals surface area contributed by atoms with E-state index in [0.29, 0.717) is 17.3 Å². The Hall–Kier alpha value is -0.740. The van der Waals surface area contributed by atoms with Gasteiger partial charge in [-0.25, -0.2) is 4.98 Å². The van der Waals surface area contributed by atoms with Gasteiger partial charge in [0.1, 0.15) is 5.15 Å². The molecule has 1 heterocycles. The molecule has 1 aromatic rings. The maximum absolute atomic E-state index is 11.4. The minimum Gasteiger partial charge on any atom is -0.351 e. The van der Waals surface area contributed by atoms with Gasteiger partial charge in [-0.05, 0) is 18.4 Å². The molecule has 76 valence electrons. The molecule has 0 spiro atoms. The minimum atomic E-state index is -0.108. The summed E-state index contributed by atoms with van der Waals surface area (Å²) >= 11 is 7.29. The van der Waals surface area contributed by atoms with Gasteiger partial charge >= 0.3 is 0 Å². The fraction of sp³-hybridized carbons (Fsp3) is 0.333. The van der Waals surface area contributed by atoms with Gasteiger partial charge in [0.15, 0.2) is 0 Å². The predicted octanol–water partition coefficient (Wildman–Crippen LogP) is 1.83. The summed E-state index contributed by atoms with van der Waals surface area (Å²) in [5, 5.41) is 3.17. The number of hydrogen-bond donors (Lipinski definition) is 1. The van der Waals surface area contributed by atoms with Crippen molar-refractivity contribution in [1.82, 2.24) is 10.3 Å². The number of halogens is 1. The molecule has 0 aliphatic rings. The van der Waals surface area contributed by atoms with Crippen LogP contribution in [-0.2, 0) is 0 Å². The third kappa shape index (κ3) is 3.55. The Labute approximate surface area is 92.2 Å². The van der Waals surface area contributed by atoms with E-state index in [-0.39, 0.29) is 5.91 Å². The lowest BCUT2D eigenvalue weighted by Gasteiger charge is -2.03. The summed E-state index contributed by atoms with van der Waals surface area (Å²) in [6.45, 7) is 0.669. The number of nitrogens with one attached hydrogen (secondary N) is 1. The van der Waals surface area contributed by atoms with Gasteiger partial charge in [0.25, 0.3) is 5.91 Å². The van der Waals surface area contributed by atoms with Crippen LogP contribution in [0.3, 0.4) is 0 Å². The fourth-order valence-electron chi connectivity index (χ4n) is 0.879. The molecule has 0 bridgehead atoms. The van der Waals surface area contributed by atoms with Crippen molar-refractivity contribution in [3.8, 4) is 0 Å². The second-order valence-corrected chi connectivity index (χ2v) is 3.99. The first kappa shape index (κ1) is 11.3. The standard InChI is InChI=1S/C9H11ClN2OS/c1-14-5-4-11-9(13)7-2-3-8(10)12-6-7/h2-3,6H,4-5H2,1H3,(H,11,13). The van der Waals surface area contributed by atoms with E-state index >= 15 is 0 Å². The molecule has 0 aliphatic carbocycles. The first-order valence-electron chi connectivity index (χ1n) is 4.12. The Bertz CT molecular complexity index is 302. The highest BCUT2D eigenvalue weighted by Gasteiger charge is 2.03. The number of carbonyl (C=O) groups is 1. The molecule has 0 fully saturated rings. The average molecular weight is 231 g/mol. The Balaban J connectivity index is 2.48. The van der Waals surface area contributed by atoms with Crippen molar-refractivity contribution in [3.63, 3.8) is 0 Å². The normalized spacial score (nSPS) is 9.86. The number of aromatic nitrogens is 1. The topological polar surface area (TPSA) is 42.0 Å². The first-order chi connectivity index (χ1) is 6.74. The number of pyridine rings is 1. The molecule has 1 aromatic heterocycles. The van der Waals surface area contributed by atoms with Crippen LogP contribution < -0.4 is 5.32 Å². The summed E-state index contributed by atoms with van der Waals surface area (Å²) in [7, 11) is 0. The van der Waals surface area contributed by atoms with Gasteiger partial charge in [-0.15, -0.1) is 0 Å². The molecular weight excluding hydrogens is 220 g/mol. The van der Waals surface area contributed by atoms with E-state index < -0.39 is 0 Å². The number of amides is 1. The lowest BCUT2D eigenvalue weighted by atomic mass is 10.3. The fourth-order valence-corrected chi connectivity index (χ4v) is 1.30. The van der Waals surface area contributed by atoms with Crippen molar-refractivity contribution in [2.45, 2.75) is 0 Å². The zero-order chi connectivity index (χ0) is 10.4. The van der Waals surface area contributed by atoms with Crippen LogP contribution in [0.25, 0.3) is 0 Å². The van der Waals surface area contributed by atoms with Crippen molar-refractivity contribution in [3.05, 3.63) is 29.0 Å². The van der Waals surface area contributed by atoms with Crippen LogP contribution >= 0.6 is 23.4 Å². The molecular formula is C9H11ClN2OS. The minimum absolute atomic E-state index is 0.108. The number of hydrogen-bond acceptors (Lipinski definition) is 3. The maximum Gasteiger partial charge on any atom is 0.252 e. The van der Waals surface area contributed by atoms with Crippen LogP contribution in [0, 0.1) is 0 Å². The Morgan fingerprint density at radius 2 is 2.43 bits per heavy atom. The molecule has 3 nitrogen and oxygen atoms in total. The lowest BCUT2D eigenvalue weighted by molar-refractivity contribution is 0.0956. The monoisotopic (exact) mass is 230 g/mol. The maximum atomic E-state index is 11.4. The van der Waals surface area contributed by atoms with Crippen molar-refractivity contribution in [1.29, 1.82) is 0 Å². The number of thioether (sulfide) groups is 1. The van der Waals surface area contributed by atoms with E-state index in [4.69, 9.17) is 11.6 Å². The molecule has 0 aliphatic heterocycles. The number of nitrogens with zero attached hydrogens (tertiary/aromatic N) is 1. The molecule has 0 saturated carbocycles. The highest BCUT2D eigenvalue weighted by molar-refractivity contribution is 7.98. The van der Waals surface area contributed by atoms with Crippen LogP contribution in [0.15, 0.2) is 18.3 Å². The zero-order valence-electron chi connectivity index (χ0n) is 7.79. The van der Waals surface area contributed by atoms with Crippen LogP contribution in [0.2, 0.25) is 5.15 Å². The van der Waals surface area contributed by atoms with E-state index in [1.807, 2.05) is 6.26 Å². The van der Waals surface area contributed by atoms with Gasteiger partial charge in [0, 0.05) is 18.5 Å². The van der Waals surface area contributed by atoms with Crippen molar-refractivity contribution in [2.24, 2.45) is 0 Å². The van der Waals surface area contributed by atoms with E-state index in [0.717, 1.165) is 5.75 Å². The molecule has 0 aromatic carbocycles. The van der Waals surface area contributed by atoms with Crippen LogP contribution in [0.5, 0.6) is 0 Å². The van der Waals surface area contributed by atoms with Crippen LogP contribution in [-0.4, -0.2) is 29.4 Å². The molecule has 5 heteroatoms. The highest BCUT2D eigenvalue weighted by Crippen LogP contribution is 2.04. The van der Waals surface area contributed by atoms with Gasteiger partial charge in [-0.3, -0.25) is 4.79 Å². The van der Waals surface area contributed by atoms with Crippen LogP contribution in [0.1, 0.15) is 10.4 Å². The van der Waals surface area contributed by atoms with Gasteiger partial charge in [0.2, 0.25) is 0 Å². The van der Waals surface area contributed by atoms with Gasteiger partial charge in [-0.2, -0.15) is 11.8 Å². The van der Waals surface area contributed by atoms with Crippen molar-refractivity contribution in [2.75, 3.05) is 18.6 Å². The Morgan fingerprint density at radius 1 is 1.64 bits per heavy atom. The highest BCUT2D eigenvalue weighted by atomic mass is 35.5. The summed E-state index contributed by atoms with van der Waals surface area (Å²) in [6, 6.07) is 3.26. The molecule has 0 atom stereocenters. The van der Waals surface area contributed by atoms with Gasteiger partial charge in [0.05, 0.1) is 5.56 Å². The van der Waals surface area contributed by atoms with Gasteiger partial charge < -0.3 is 5.32 Å². The summed E-state index contributed by atoms with van der Waals surface area (Å²) in [4.78, 5) is 15.3. The molecule has 0 radical (unpaired) electrons. The summed E-state index contributed by atoms with van der Waals surface area (Å²) < 4.78 is 0. The summed E-state index contributed by atoms with van der Waals surface area (Å²) in [6.07, 6.45) is 3.47. The smallest absolute Gasteiger partial charge is 0.252 e. The molecule has 14 heavy (non-hydrogen) atoms. The SMILES string of the molecule is CSCCNC(=O)c1ccc(Cl)nc1. The Morgan fingerprint density at radius 3 is 3.00 bits per heavy atom. The molecule has 1 N–H and O–H groups in total. The third-order valence-electron chi connectivity index (χ3n) is 1.58. The average Bonchev–Trinajstić information content (AvgIpc) is 2.19. The van der Waals surface area contributed by atoms with Gasteiger partial charge in [-0.1, -0.05) is 11.6 Å². The largest absolute Gasteiger partial charge is 0.351 e. The quantitative estimate of drug-likeness (QED) is 0.634. The number of rotatable bonds is 4. The predicted molar refractivity (Wildman–Crippen MR) is 60.0 cm³/mol. The van der Waals surface area contributed by atoms with E-state index in [2.05, 4.69) is 10.3 Å². The summed E-state index contributed by atoms with van der Waals surface area (Å²) in [5.74, 6) is 0.801. The van der Waals surface area contributed by atoms with E-state index in [1.54, 1.807) is 23.9 Å². The molecule has 1 amide bonds. The Kier molecular flexibility index (Phi) is 4.76. The molecule has 0 unspecified atom stereocenters. The third-order valence-corrected chi connectivity index (χ3v) is 2.42. The molecule has 0 saturated heterocycles. The first-order valence-corrected chi connectivity index (χ1v) is 5.90. The van der Waals surface area contributed by atoms with E-state index in [1.165, 1.54) is 6.20 Å². The zero-order valence-corrected chi connectivity index (χ0v) is 9.36. The number of carbonyl (C=O) groups excluding carboxylic acids is 1. The van der Waals surface area contributed by atoms with Crippen LogP contribution in [0.4, 0.5) is 0 Å². The van der Waals surface area contributed by atoms with E-state index in [9.17, 15) is 4.79 Å². The second-order valence-electron chi connectivity index (χ2n) is 2.62. The van der Waals surface area contributed by atoms with Crippen molar-refractivity contribution < 1.29 is 4.79 Å². The lowest BCUT2D eigenvalue weighted by Crippen LogP contribution is -2.25.